The van der Waals surface area contributed by atoms with Crippen molar-refractivity contribution in [2.24, 2.45) is 5.73 Å². The molecule has 2 atom stereocenters. The van der Waals surface area contributed by atoms with Crippen LogP contribution in [-0.2, 0) is 19.1 Å². The number of carbonyl (C=O) groups is 3. The van der Waals surface area contributed by atoms with Crippen LogP contribution in [0.25, 0.3) is 0 Å². The summed E-state index contributed by atoms with van der Waals surface area (Å²) in [5.41, 5.74) is 5.48. The van der Waals surface area contributed by atoms with Gasteiger partial charge in [0.1, 0.15) is 12.1 Å². The van der Waals surface area contributed by atoms with Gasteiger partial charge in [-0.3, -0.25) is 9.59 Å². The molecule has 1 amide bonds. The van der Waals surface area contributed by atoms with E-state index in [-0.39, 0.29) is 18.0 Å². The van der Waals surface area contributed by atoms with E-state index >= 15 is 0 Å². The van der Waals surface area contributed by atoms with Crippen molar-refractivity contribution < 1.29 is 24.2 Å². The number of unbranched alkanes of at least 4 members (excludes halogenated alkanes) is 30. The van der Waals surface area contributed by atoms with Crippen LogP contribution >= 0.6 is 0 Å². The maximum absolute atomic E-state index is 12.8. The first kappa shape index (κ1) is 53.1. The van der Waals surface area contributed by atoms with Crippen LogP contribution < -0.4 is 11.1 Å². The molecule has 7 nitrogen and oxygen atoms in total. The Balaban J connectivity index is 4.15. The first-order valence-corrected chi connectivity index (χ1v) is 24.0. The molecule has 4 N–H and O–H groups in total. The number of rotatable bonds is 44. The molecule has 0 bridgehead atoms. The molecule has 324 valence electrons. The quantitative estimate of drug-likeness (QED) is 0.0322. The summed E-state index contributed by atoms with van der Waals surface area (Å²) >= 11 is 0. The standard InChI is InChI=1S/C48H92N2O5/c1-3-5-7-9-11-13-14-15-16-17-18-19-20-21-22-24-26-32-36-42-47(52)55-44(38-33-29-25-23-12-10-8-6-4-2)39-34-30-27-28-31-35-41-46(51)50-45(48(53)54)40-37-43-49/h33,38,44-45H,3-32,34-37,39-43,49H2,1-2H3,(H,50,51)(H,53,54)/b38-33-. The van der Waals surface area contributed by atoms with Crippen LogP contribution in [0.4, 0.5) is 0 Å². The molecule has 7 heteroatoms. The van der Waals surface area contributed by atoms with Crippen molar-refractivity contribution in [2.45, 2.75) is 270 Å². The minimum absolute atomic E-state index is 0.0519. The van der Waals surface area contributed by atoms with Gasteiger partial charge in [-0.15, -0.1) is 0 Å². The first-order chi connectivity index (χ1) is 26.9. The van der Waals surface area contributed by atoms with E-state index in [1.54, 1.807) is 0 Å². The van der Waals surface area contributed by atoms with Crippen LogP contribution in [-0.4, -0.2) is 41.6 Å². The van der Waals surface area contributed by atoms with Gasteiger partial charge in [0.25, 0.3) is 0 Å². The lowest BCUT2D eigenvalue weighted by atomic mass is 10.0. The summed E-state index contributed by atoms with van der Waals surface area (Å²) in [6.45, 7) is 4.96. The molecule has 0 aromatic heterocycles. The van der Waals surface area contributed by atoms with Gasteiger partial charge >= 0.3 is 11.9 Å². The van der Waals surface area contributed by atoms with Gasteiger partial charge in [0.05, 0.1) is 0 Å². The molecule has 55 heavy (non-hydrogen) atoms. The fourth-order valence-electron chi connectivity index (χ4n) is 7.42. The third-order valence-corrected chi connectivity index (χ3v) is 11.1. The van der Waals surface area contributed by atoms with E-state index in [2.05, 4.69) is 31.3 Å². The highest BCUT2D eigenvalue weighted by molar-refractivity contribution is 5.83. The fraction of sp³-hybridized carbons (Fsp3) is 0.896. The maximum Gasteiger partial charge on any atom is 0.326 e. The van der Waals surface area contributed by atoms with Crippen LogP contribution in [0.5, 0.6) is 0 Å². The molecule has 0 saturated heterocycles. The van der Waals surface area contributed by atoms with Crippen LogP contribution in [0.2, 0.25) is 0 Å². The Hall–Kier alpha value is -1.89. The summed E-state index contributed by atoms with van der Waals surface area (Å²) in [6, 6.07) is -0.851. The molecule has 0 aliphatic carbocycles. The SMILES string of the molecule is CCCCCCCCC/C=C\C(CCCCCCCCC(=O)NC(CCCN)C(=O)O)OC(=O)CCCCCCCCCCCCCCCCCCCCC. The van der Waals surface area contributed by atoms with Crippen molar-refractivity contribution in [3.63, 3.8) is 0 Å². The molecular formula is C48H92N2O5. The summed E-state index contributed by atoms with van der Waals surface area (Å²) in [5, 5.41) is 11.9. The normalized spacial score (nSPS) is 12.6. The highest BCUT2D eigenvalue weighted by Crippen LogP contribution is 2.17. The second-order valence-electron chi connectivity index (χ2n) is 16.5. The molecule has 0 aromatic carbocycles. The zero-order valence-electron chi connectivity index (χ0n) is 36.5. The van der Waals surface area contributed by atoms with E-state index in [1.165, 1.54) is 154 Å². The van der Waals surface area contributed by atoms with Crippen molar-refractivity contribution >= 4 is 17.8 Å². The highest BCUT2D eigenvalue weighted by Gasteiger charge is 2.18. The van der Waals surface area contributed by atoms with Crippen LogP contribution in [0.15, 0.2) is 12.2 Å². The van der Waals surface area contributed by atoms with E-state index in [1.807, 2.05) is 0 Å². The Morgan fingerprint density at radius 1 is 0.527 bits per heavy atom. The van der Waals surface area contributed by atoms with Crippen molar-refractivity contribution in [3.05, 3.63) is 12.2 Å². The second kappa shape index (κ2) is 43.2. The number of ether oxygens (including phenoxy) is 1. The maximum atomic E-state index is 12.8. The molecule has 2 unspecified atom stereocenters. The number of carbonyl (C=O) groups excluding carboxylic acids is 2. The minimum atomic E-state index is -1.00. The number of nitrogens with two attached hydrogens (primary N) is 1. The van der Waals surface area contributed by atoms with Gasteiger partial charge < -0.3 is 20.9 Å². The van der Waals surface area contributed by atoms with Crippen LogP contribution in [0.3, 0.4) is 0 Å². The molecule has 0 spiro atoms. The number of esters is 1. The van der Waals surface area contributed by atoms with Crippen molar-refractivity contribution in [2.75, 3.05) is 6.54 Å². The van der Waals surface area contributed by atoms with Gasteiger partial charge in [0, 0.05) is 12.8 Å². The van der Waals surface area contributed by atoms with Crippen LogP contribution in [0.1, 0.15) is 258 Å². The molecule has 0 heterocycles. The van der Waals surface area contributed by atoms with Gasteiger partial charge in [-0.1, -0.05) is 200 Å². The van der Waals surface area contributed by atoms with Crippen molar-refractivity contribution in [1.29, 1.82) is 0 Å². The second-order valence-corrected chi connectivity index (χ2v) is 16.5. The Bertz CT molecular complexity index is 878. The smallest absolute Gasteiger partial charge is 0.326 e. The lowest BCUT2D eigenvalue weighted by Crippen LogP contribution is -2.40. The number of amides is 1. The molecule has 0 aliphatic heterocycles. The molecular weight excluding hydrogens is 685 g/mol. The number of nitrogens with one attached hydrogen (secondary N) is 1. The van der Waals surface area contributed by atoms with Gasteiger partial charge in [-0.25, -0.2) is 4.79 Å². The number of allylic oxidation sites excluding steroid dienone is 1. The number of hydrogen-bond donors (Lipinski definition) is 3. The topological polar surface area (TPSA) is 119 Å². The molecule has 0 radical (unpaired) electrons. The Kier molecular flexibility index (Phi) is 41.8. The number of carboxylic acids is 1. The van der Waals surface area contributed by atoms with E-state index in [0.29, 0.717) is 32.2 Å². The molecule has 0 rings (SSSR count). The fourth-order valence-corrected chi connectivity index (χ4v) is 7.42. The Morgan fingerprint density at radius 3 is 1.36 bits per heavy atom. The van der Waals surface area contributed by atoms with E-state index in [9.17, 15) is 19.5 Å². The third kappa shape index (κ3) is 40.1. The molecule has 0 aliphatic rings. The van der Waals surface area contributed by atoms with Crippen LogP contribution in [0, 0.1) is 0 Å². The average molecular weight is 777 g/mol. The summed E-state index contributed by atoms with van der Waals surface area (Å²) in [5.74, 6) is -1.25. The minimum Gasteiger partial charge on any atom is -0.480 e. The largest absolute Gasteiger partial charge is 0.480 e. The average Bonchev–Trinajstić information content (AvgIpc) is 3.17. The van der Waals surface area contributed by atoms with Gasteiger partial charge in [-0.05, 0) is 64.0 Å². The zero-order valence-corrected chi connectivity index (χ0v) is 36.5. The predicted molar refractivity (Wildman–Crippen MR) is 234 cm³/mol. The van der Waals surface area contributed by atoms with Crippen molar-refractivity contribution in [3.8, 4) is 0 Å². The third-order valence-electron chi connectivity index (χ3n) is 11.1. The van der Waals surface area contributed by atoms with Gasteiger partial charge in [0.2, 0.25) is 5.91 Å². The number of carboxylic acid groups (broad SMARTS) is 1. The Morgan fingerprint density at radius 2 is 0.927 bits per heavy atom. The van der Waals surface area contributed by atoms with Crippen molar-refractivity contribution in [1.82, 2.24) is 5.32 Å². The molecule has 0 fully saturated rings. The van der Waals surface area contributed by atoms with Gasteiger partial charge in [0.15, 0.2) is 0 Å². The van der Waals surface area contributed by atoms with Gasteiger partial charge in [-0.2, -0.15) is 0 Å². The van der Waals surface area contributed by atoms with E-state index in [4.69, 9.17) is 10.5 Å². The van der Waals surface area contributed by atoms with E-state index < -0.39 is 12.0 Å². The highest BCUT2D eigenvalue weighted by atomic mass is 16.5. The zero-order chi connectivity index (χ0) is 40.3. The summed E-state index contributed by atoms with van der Waals surface area (Å²) < 4.78 is 5.98. The predicted octanol–water partition coefficient (Wildman–Crippen LogP) is 13.8. The molecule has 0 saturated carbocycles. The first-order valence-electron chi connectivity index (χ1n) is 24.0. The molecule has 0 aromatic rings. The lowest BCUT2D eigenvalue weighted by Gasteiger charge is -2.15. The summed E-state index contributed by atoms with van der Waals surface area (Å²) in [6.07, 6.45) is 48.6. The number of aliphatic carboxylic acids is 1. The Labute approximate surface area is 340 Å². The summed E-state index contributed by atoms with van der Waals surface area (Å²) in [4.78, 5) is 36.3. The number of hydrogen-bond acceptors (Lipinski definition) is 5. The monoisotopic (exact) mass is 777 g/mol. The summed E-state index contributed by atoms with van der Waals surface area (Å²) in [7, 11) is 0. The van der Waals surface area contributed by atoms with E-state index in [0.717, 1.165) is 64.2 Å². The lowest BCUT2D eigenvalue weighted by molar-refractivity contribution is -0.147.